The van der Waals surface area contributed by atoms with Crippen molar-refractivity contribution < 1.29 is 9.53 Å². The molecular formula is C15H22N2O2. The summed E-state index contributed by atoms with van der Waals surface area (Å²) in [7, 11) is 1.67. The van der Waals surface area contributed by atoms with Crippen molar-refractivity contribution >= 4 is 5.91 Å². The molecule has 1 aliphatic rings. The largest absolute Gasteiger partial charge is 0.496 e. The van der Waals surface area contributed by atoms with Gasteiger partial charge in [0.05, 0.1) is 13.0 Å². The summed E-state index contributed by atoms with van der Waals surface area (Å²) in [5.74, 6) is 0.437. The summed E-state index contributed by atoms with van der Waals surface area (Å²) in [5.41, 5.74) is 8.91. The van der Waals surface area contributed by atoms with E-state index in [1.165, 1.54) is 0 Å². The van der Waals surface area contributed by atoms with Crippen LogP contribution in [-0.2, 0) is 4.79 Å². The van der Waals surface area contributed by atoms with E-state index < -0.39 is 0 Å². The quantitative estimate of drug-likeness (QED) is 0.873. The number of piperidine rings is 1. The van der Waals surface area contributed by atoms with Crippen LogP contribution in [0.4, 0.5) is 0 Å². The van der Waals surface area contributed by atoms with Crippen LogP contribution in [-0.4, -0.2) is 19.6 Å². The first kappa shape index (κ1) is 13.9. The van der Waals surface area contributed by atoms with Gasteiger partial charge < -0.3 is 15.8 Å². The summed E-state index contributed by atoms with van der Waals surface area (Å²) in [4.78, 5) is 11.7. The highest BCUT2D eigenvalue weighted by molar-refractivity contribution is 5.78. The fourth-order valence-corrected chi connectivity index (χ4v) is 3.01. The molecule has 4 heteroatoms. The fourth-order valence-electron chi connectivity index (χ4n) is 3.01. The molecule has 1 heterocycles. The third-order valence-corrected chi connectivity index (χ3v) is 3.85. The summed E-state index contributed by atoms with van der Waals surface area (Å²) in [6, 6.07) is 4.09. The molecule has 104 valence electrons. The Hall–Kier alpha value is -1.55. The number of carbonyl (C=O) groups is 1. The standard InChI is InChI=1S/C15H22N2O2/c1-9-7-10(2)13(12(8-9)19-3)14-11(15(16)18)5-4-6-17-14/h7-8,11,14,17H,4-6H2,1-3H3,(H2,16,18). The van der Waals surface area contributed by atoms with Crippen molar-refractivity contribution in [1.82, 2.24) is 5.32 Å². The van der Waals surface area contributed by atoms with E-state index in [1.54, 1.807) is 7.11 Å². The van der Waals surface area contributed by atoms with Crippen molar-refractivity contribution in [3.63, 3.8) is 0 Å². The van der Waals surface area contributed by atoms with E-state index in [1.807, 2.05) is 13.0 Å². The van der Waals surface area contributed by atoms with Crippen molar-refractivity contribution in [2.24, 2.45) is 11.7 Å². The maximum Gasteiger partial charge on any atom is 0.222 e. The zero-order valence-corrected chi connectivity index (χ0v) is 11.8. The highest BCUT2D eigenvalue weighted by atomic mass is 16.5. The third kappa shape index (κ3) is 2.73. The Bertz CT molecular complexity index is 485. The molecule has 0 aromatic heterocycles. The van der Waals surface area contributed by atoms with E-state index in [4.69, 9.17) is 10.5 Å². The van der Waals surface area contributed by atoms with Crippen molar-refractivity contribution in [2.75, 3.05) is 13.7 Å². The maximum atomic E-state index is 11.7. The molecule has 1 aromatic rings. The normalized spacial score (nSPS) is 23.1. The second-order valence-electron chi connectivity index (χ2n) is 5.28. The van der Waals surface area contributed by atoms with Crippen LogP contribution in [0.1, 0.15) is 35.6 Å². The number of hydrogen-bond acceptors (Lipinski definition) is 3. The molecule has 0 bridgehead atoms. The van der Waals surface area contributed by atoms with Gasteiger partial charge in [0.2, 0.25) is 5.91 Å². The van der Waals surface area contributed by atoms with Crippen LogP contribution in [0.3, 0.4) is 0 Å². The summed E-state index contributed by atoms with van der Waals surface area (Å²) in [5, 5.41) is 3.42. The fraction of sp³-hybridized carbons (Fsp3) is 0.533. The van der Waals surface area contributed by atoms with Gasteiger partial charge in [-0.3, -0.25) is 4.79 Å². The maximum absolute atomic E-state index is 11.7. The number of methoxy groups -OCH3 is 1. The summed E-state index contributed by atoms with van der Waals surface area (Å²) in [6.07, 6.45) is 1.82. The molecule has 0 spiro atoms. The number of benzene rings is 1. The van der Waals surface area contributed by atoms with Crippen molar-refractivity contribution in [3.05, 3.63) is 28.8 Å². The monoisotopic (exact) mass is 262 g/mol. The van der Waals surface area contributed by atoms with Gasteiger partial charge in [-0.2, -0.15) is 0 Å². The van der Waals surface area contributed by atoms with Crippen LogP contribution in [0.2, 0.25) is 0 Å². The molecular weight excluding hydrogens is 240 g/mol. The molecule has 1 saturated heterocycles. The molecule has 1 aromatic carbocycles. The lowest BCUT2D eigenvalue weighted by atomic mass is 9.83. The number of nitrogens with two attached hydrogens (primary N) is 1. The van der Waals surface area contributed by atoms with E-state index in [2.05, 4.69) is 18.3 Å². The van der Waals surface area contributed by atoms with E-state index in [9.17, 15) is 4.79 Å². The predicted octanol–water partition coefficient (Wildman–Crippen LogP) is 1.84. The number of carbonyl (C=O) groups excluding carboxylic acids is 1. The van der Waals surface area contributed by atoms with E-state index >= 15 is 0 Å². The molecule has 3 N–H and O–H groups in total. The highest BCUT2D eigenvalue weighted by Crippen LogP contribution is 2.37. The molecule has 0 radical (unpaired) electrons. The molecule has 1 aliphatic heterocycles. The summed E-state index contributed by atoms with van der Waals surface area (Å²) < 4.78 is 5.50. The van der Waals surface area contributed by atoms with E-state index in [0.717, 1.165) is 41.8 Å². The topological polar surface area (TPSA) is 64.3 Å². The van der Waals surface area contributed by atoms with Crippen LogP contribution in [0, 0.1) is 19.8 Å². The van der Waals surface area contributed by atoms with Crippen LogP contribution < -0.4 is 15.8 Å². The Kier molecular flexibility index (Phi) is 4.10. The second-order valence-corrected chi connectivity index (χ2v) is 5.28. The van der Waals surface area contributed by atoms with E-state index in [0.29, 0.717) is 0 Å². The molecule has 2 unspecified atom stereocenters. The molecule has 1 fully saturated rings. The van der Waals surface area contributed by atoms with Gasteiger partial charge in [0.1, 0.15) is 5.75 Å². The van der Waals surface area contributed by atoms with Crippen molar-refractivity contribution in [3.8, 4) is 5.75 Å². The summed E-state index contributed by atoms with van der Waals surface area (Å²) >= 11 is 0. The number of ether oxygens (including phenoxy) is 1. The Morgan fingerprint density at radius 3 is 2.79 bits per heavy atom. The Morgan fingerprint density at radius 2 is 2.16 bits per heavy atom. The third-order valence-electron chi connectivity index (χ3n) is 3.85. The van der Waals surface area contributed by atoms with Gasteiger partial charge in [-0.25, -0.2) is 0 Å². The molecule has 19 heavy (non-hydrogen) atoms. The minimum atomic E-state index is -0.237. The van der Waals surface area contributed by atoms with Crippen LogP contribution in [0.5, 0.6) is 5.75 Å². The average molecular weight is 262 g/mol. The zero-order chi connectivity index (χ0) is 14.0. The number of hydrogen-bond donors (Lipinski definition) is 2. The Morgan fingerprint density at radius 1 is 1.42 bits per heavy atom. The Labute approximate surface area is 114 Å². The first-order valence-electron chi connectivity index (χ1n) is 6.72. The lowest BCUT2D eigenvalue weighted by Crippen LogP contribution is -2.41. The van der Waals surface area contributed by atoms with Gasteiger partial charge in [0.15, 0.2) is 0 Å². The smallest absolute Gasteiger partial charge is 0.222 e. The molecule has 2 rings (SSSR count). The van der Waals surface area contributed by atoms with Crippen LogP contribution in [0.25, 0.3) is 0 Å². The van der Waals surface area contributed by atoms with Crippen molar-refractivity contribution in [2.45, 2.75) is 32.7 Å². The van der Waals surface area contributed by atoms with Gasteiger partial charge in [-0.1, -0.05) is 6.07 Å². The van der Waals surface area contributed by atoms with Gasteiger partial charge >= 0.3 is 0 Å². The molecule has 4 nitrogen and oxygen atoms in total. The van der Waals surface area contributed by atoms with E-state index in [-0.39, 0.29) is 17.9 Å². The van der Waals surface area contributed by atoms with Crippen LogP contribution in [0.15, 0.2) is 12.1 Å². The summed E-state index contributed by atoms with van der Waals surface area (Å²) in [6.45, 7) is 5.00. The highest BCUT2D eigenvalue weighted by Gasteiger charge is 2.33. The predicted molar refractivity (Wildman–Crippen MR) is 75.1 cm³/mol. The zero-order valence-electron chi connectivity index (χ0n) is 11.8. The minimum Gasteiger partial charge on any atom is -0.496 e. The number of aryl methyl sites for hydroxylation is 2. The molecule has 0 saturated carbocycles. The molecule has 0 aliphatic carbocycles. The lowest BCUT2D eigenvalue weighted by Gasteiger charge is -2.33. The average Bonchev–Trinajstić information content (AvgIpc) is 2.37. The number of primary amides is 1. The van der Waals surface area contributed by atoms with Gasteiger partial charge in [0, 0.05) is 11.6 Å². The number of nitrogens with one attached hydrogen (secondary N) is 1. The second kappa shape index (κ2) is 5.61. The molecule has 1 amide bonds. The lowest BCUT2D eigenvalue weighted by molar-refractivity contribution is -0.123. The minimum absolute atomic E-state index is 0.0400. The van der Waals surface area contributed by atoms with Gasteiger partial charge in [-0.15, -0.1) is 0 Å². The van der Waals surface area contributed by atoms with Crippen molar-refractivity contribution in [1.29, 1.82) is 0 Å². The molecule has 2 atom stereocenters. The van der Waals surface area contributed by atoms with Crippen LogP contribution >= 0.6 is 0 Å². The first-order chi connectivity index (χ1) is 9.04. The number of amides is 1. The number of rotatable bonds is 3. The first-order valence-corrected chi connectivity index (χ1v) is 6.72. The van der Waals surface area contributed by atoms with Gasteiger partial charge in [0.25, 0.3) is 0 Å². The SMILES string of the molecule is COc1cc(C)cc(C)c1C1NCCCC1C(N)=O. The Balaban J connectivity index is 2.46. The van der Waals surface area contributed by atoms with Gasteiger partial charge in [-0.05, 0) is 50.4 Å².